The molecule has 2 aromatic rings. The lowest BCUT2D eigenvalue weighted by molar-refractivity contribution is -0.121. The second-order valence-electron chi connectivity index (χ2n) is 7.24. The number of aryl methyl sites for hydroxylation is 2. The highest BCUT2D eigenvalue weighted by Gasteiger charge is 2.33. The molecule has 6 nitrogen and oxygen atoms in total. The second kappa shape index (κ2) is 7.46. The average molecular weight is 432 g/mol. The molecule has 2 heterocycles. The van der Waals surface area contributed by atoms with Crippen LogP contribution in [0.25, 0.3) is 0 Å². The van der Waals surface area contributed by atoms with Crippen molar-refractivity contribution in [1.82, 2.24) is 10.5 Å². The predicted molar refractivity (Wildman–Crippen MR) is 105 cm³/mol. The SMILES string of the molecule is Cc1cc(N2CCCC(NC(=O)c3onc4c3CCCC4)C2=O)ccc1Br. The Bertz CT molecular complexity index is 893. The van der Waals surface area contributed by atoms with Crippen molar-refractivity contribution in [2.24, 2.45) is 0 Å². The number of fused-ring (bicyclic) bond motifs is 1. The van der Waals surface area contributed by atoms with Crippen LogP contribution >= 0.6 is 15.9 Å². The Kier molecular flexibility index (Phi) is 5.04. The quantitative estimate of drug-likeness (QED) is 0.805. The second-order valence-corrected chi connectivity index (χ2v) is 8.09. The first-order valence-electron chi connectivity index (χ1n) is 9.40. The van der Waals surface area contributed by atoms with Crippen LogP contribution in [-0.2, 0) is 17.6 Å². The summed E-state index contributed by atoms with van der Waals surface area (Å²) < 4.78 is 6.31. The summed E-state index contributed by atoms with van der Waals surface area (Å²) in [4.78, 5) is 27.4. The van der Waals surface area contributed by atoms with E-state index in [-0.39, 0.29) is 17.6 Å². The van der Waals surface area contributed by atoms with Gasteiger partial charge in [0.05, 0.1) is 5.69 Å². The maximum atomic E-state index is 13.0. The number of amides is 2. The molecule has 27 heavy (non-hydrogen) atoms. The molecule has 142 valence electrons. The molecule has 1 atom stereocenters. The molecule has 2 amide bonds. The van der Waals surface area contributed by atoms with E-state index >= 15 is 0 Å². The van der Waals surface area contributed by atoms with Crippen molar-refractivity contribution in [2.45, 2.75) is 51.5 Å². The van der Waals surface area contributed by atoms with Crippen molar-refractivity contribution >= 4 is 33.4 Å². The number of aromatic nitrogens is 1. The van der Waals surface area contributed by atoms with Gasteiger partial charge in [-0.3, -0.25) is 9.59 Å². The van der Waals surface area contributed by atoms with E-state index in [1.54, 1.807) is 4.90 Å². The van der Waals surface area contributed by atoms with E-state index in [1.807, 2.05) is 25.1 Å². The predicted octanol–water partition coefficient (Wildman–Crippen LogP) is 3.55. The summed E-state index contributed by atoms with van der Waals surface area (Å²) in [5, 5.41) is 6.91. The molecular weight excluding hydrogens is 410 g/mol. The van der Waals surface area contributed by atoms with E-state index in [0.717, 1.165) is 59.1 Å². The third kappa shape index (κ3) is 3.52. The number of piperidine rings is 1. The van der Waals surface area contributed by atoms with E-state index in [9.17, 15) is 9.59 Å². The van der Waals surface area contributed by atoms with Crippen LogP contribution in [0.2, 0.25) is 0 Å². The van der Waals surface area contributed by atoms with Gasteiger partial charge in [-0.2, -0.15) is 0 Å². The Morgan fingerprint density at radius 2 is 2.11 bits per heavy atom. The molecule has 1 aliphatic heterocycles. The van der Waals surface area contributed by atoms with Gasteiger partial charge in [0.2, 0.25) is 11.7 Å². The van der Waals surface area contributed by atoms with Gasteiger partial charge < -0.3 is 14.7 Å². The fraction of sp³-hybridized carbons (Fsp3) is 0.450. The summed E-state index contributed by atoms with van der Waals surface area (Å²) in [5.74, 6) is -0.142. The Balaban J connectivity index is 1.50. The molecule has 0 spiro atoms. The summed E-state index contributed by atoms with van der Waals surface area (Å²) >= 11 is 3.49. The van der Waals surface area contributed by atoms with Crippen LogP contribution < -0.4 is 10.2 Å². The number of rotatable bonds is 3. The van der Waals surface area contributed by atoms with Crippen LogP contribution in [0.5, 0.6) is 0 Å². The summed E-state index contributed by atoms with van der Waals surface area (Å²) in [6.45, 7) is 2.65. The molecule has 4 rings (SSSR count). The molecule has 7 heteroatoms. The van der Waals surface area contributed by atoms with Gasteiger partial charge in [-0.1, -0.05) is 21.1 Å². The van der Waals surface area contributed by atoms with E-state index in [4.69, 9.17) is 4.52 Å². The summed E-state index contributed by atoms with van der Waals surface area (Å²) in [5.41, 5.74) is 3.71. The van der Waals surface area contributed by atoms with Gasteiger partial charge in [0.15, 0.2) is 0 Å². The number of hydrogen-bond acceptors (Lipinski definition) is 4. The monoisotopic (exact) mass is 431 g/mol. The molecule has 1 fully saturated rings. The van der Waals surface area contributed by atoms with Crippen molar-refractivity contribution in [1.29, 1.82) is 0 Å². The van der Waals surface area contributed by atoms with E-state index in [1.165, 1.54) is 0 Å². The van der Waals surface area contributed by atoms with E-state index < -0.39 is 6.04 Å². The Hall–Kier alpha value is -2.15. The third-order valence-electron chi connectivity index (χ3n) is 5.36. The Labute approximate surface area is 166 Å². The fourth-order valence-corrected chi connectivity index (χ4v) is 4.10. The van der Waals surface area contributed by atoms with Gasteiger partial charge >= 0.3 is 0 Å². The minimum absolute atomic E-state index is 0.0790. The van der Waals surface area contributed by atoms with Crippen molar-refractivity contribution < 1.29 is 14.1 Å². The van der Waals surface area contributed by atoms with Crippen LogP contribution in [-0.4, -0.2) is 29.6 Å². The Morgan fingerprint density at radius 3 is 2.93 bits per heavy atom. The number of halogens is 1. The first-order chi connectivity index (χ1) is 13.0. The first-order valence-corrected chi connectivity index (χ1v) is 10.2. The van der Waals surface area contributed by atoms with E-state index in [2.05, 4.69) is 26.4 Å². The summed E-state index contributed by atoms with van der Waals surface area (Å²) in [7, 11) is 0. The molecule has 0 radical (unpaired) electrons. The van der Waals surface area contributed by atoms with E-state index in [0.29, 0.717) is 13.0 Å². The maximum absolute atomic E-state index is 13.0. The zero-order valence-corrected chi connectivity index (χ0v) is 16.8. The van der Waals surface area contributed by atoms with Crippen molar-refractivity contribution in [2.75, 3.05) is 11.4 Å². The highest BCUT2D eigenvalue weighted by molar-refractivity contribution is 9.10. The minimum Gasteiger partial charge on any atom is -0.350 e. The number of nitrogens with zero attached hydrogens (tertiary/aromatic N) is 2. The van der Waals surface area contributed by atoms with Crippen LogP contribution in [0.4, 0.5) is 5.69 Å². The average Bonchev–Trinajstić information content (AvgIpc) is 3.10. The topological polar surface area (TPSA) is 75.4 Å². The standard InChI is InChI=1S/C20H22BrN3O3/c1-12-11-13(8-9-15(12)21)24-10-4-7-17(20(24)26)22-19(25)18-14-5-2-3-6-16(14)23-27-18/h8-9,11,17H,2-7,10H2,1H3,(H,22,25). The van der Waals surface area contributed by atoms with Gasteiger partial charge in [-0.05, 0) is 69.2 Å². The largest absolute Gasteiger partial charge is 0.350 e. The number of carbonyl (C=O) groups excluding carboxylic acids is 2. The summed E-state index contributed by atoms with van der Waals surface area (Å²) in [6.07, 6.45) is 5.24. The van der Waals surface area contributed by atoms with Crippen molar-refractivity contribution in [3.05, 3.63) is 45.3 Å². The number of nitrogens with one attached hydrogen (secondary N) is 1. The highest BCUT2D eigenvalue weighted by Crippen LogP contribution is 2.27. The highest BCUT2D eigenvalue weighted by atomic mass is 79.9. The molecule has 0 bridgehead atoms. The van der Waals surface area contributed by atoms with Gasteiger partial charge in [0.1, 0.15) is 6.04 Å². The van der Waals surface area contributed by atoms with Crippen molar-refractivity contribution in [3.8, 4) is 0 Å². The molecule has 1 aromatic heterocycles. The number of hydrogen-bond donors (Lipinski definition) is 1. The Morgan fingerprint density at radius 1 is 1.30 bits per heavy atom. The first kappa shape index (κ1) is 18.2. The molecule has 0 saturated carbocycles. The number of benzene rings is 1. The van der Waals surface area contributed by atoms with Gasteiger partial charge in [0, 0.05) is 22.3 Å². The zero-order valence-electron chi connectivity index (χ0n) is 15.3. The zero-order chi connectivity index (χ0) is 19.0. The van der Waals surface area contributed by atoms with Crippen molar-refractivity contribution in [3.63, 3.8) is 0 Å². The van der Waals surface area contributed by atoms with Crippen LogP contribution in [0, 0.1) is 6.92 Å². The van der Waals surface area contributed by atoms with Gasteiger partial charge in [0.25, 0.3) is 5.91 Å². The molecular formula is C20H22BrN3O3. The lowest BCUT2D eigenvalue weighted by Crippen LogP contribution is -2.52. The number of anilines is 1. The lowest BCUT2D eigenvalue weighted by atomic mass is 9.95. The van der Waals surface area contributed by atoms with Gasteiger partial charge in [-0.25, -0.2) is 0 Å². The molecule has 1 aliphatic carbocycles. The lowest BCUT2D eigenvalue weighted by Gasteiger charge is -2.32. The maximum Gasteiger partial charge on any atom is 0.290 e. The molecule has 1 N–H and O–H groups in total. The van der Waals surface area contributed by atoms with Crippen LogP contribution in [0.15, 0.2) is 27.2 Å². The molecule has 1 saturated heterocycles. The van der Waals surface area contributed by atoms with Crippen LogP contribution in [0.1, 0.15) is 53.1 Å². The smallest absolute Gasteiger partial charge is 0.290 e. The number of carbonyl (C=O) groups is 2. The van der Waals surface area contributed by atoms with Crippen LogP contribution in [0.3, 0.4) is 0 Å². The molecule has 1 unspecified atom stereocenters. The normalized spacial score (nSPS) is 19.7. The fourth-order valence-electron chi connectivity index (χ4n) is 3.86. The minimum atomic E-state index is -0.542. The molecule has 2 aliphatic rings. The summed E-state index contributed by atoms with van der Waals surface area (Å²) in [6, 6.07) is 5.31. The molecule has 1 aromatic carbocycles. The third-order valence-corrected chi connectivity index (χ3v) is 6.25. The van der Waals surface area contributed by atoms with Gasteiger partial charge in [-0.15, -0.1) is 0 Å².